The van der Waals surface area contributed by atoms with Crippen molar-refractivity contribution >= 4 is 0 Å². The fraction of sp³-hybridized carbons (Fsp3) is 0.611. The molecule has 142 valence electrons. The summed E-state index contributed by atoms with van der Waals surface area (Å²) in [6.45, 7) is 8.06. The third-order valence-electron chi connectivity index (χ3n) is 4.89. The number of ether oxygens (including phenoxy) is 2. The third-order valence-corrected chi connectivity index (χ3v) is 4.89. The Balaban J connectivity index is 2.10. The van der Waals surface area contributed by atoms with Gasteiger partial charge in [0.2, 0.25) is 0 Å². The molecular formula is C18H28N6O2. The molecule has 1 aliphatic rings. The van der Waals surface area contributed by atoms with Crippen molar-refractivity contribution < 1.29 is 9.47 Å². The lowest BCUT2D eigenvalue weighted by atomic mass is 10.0. The maximum atomic E-state index is 5.67. The predicted octanol–water partition coefficient (Wildman–Crippen LogP) is 1.61. The van der Waals surface area contributed by atoms with Gasteiger partial charge < -0.3 is 14.4 Å². The number of aromatic nitrogens is 4. The molecule has 0 N–H and O–H groups in total. The zero-order chi connectivity index (χ0) is 18.7. The average Bonchev–Trinajstić information content (AvgIpc) is 3.13. The van der Waals surface area contributed by atoms with E-state index in [2.05, 4.69) is 46.2 Å². The molecule has 0 spiro atoms. The van der Waals surface area contributed by atoms with Crippen LogP contribution in [0.25, 0.3) is 0 Å². The molecule has 1 saturated heterocycles. The number of benzene rings is 1. The van der Waals surface area contributed by atoms with Crippen molar-refractivity contribution in [1.82, 2.24) is 30.0 Å². The van der Waals surface area contributed by atoms with E-state index in [9.17, 15) is 0 Å². The molecule has 2 heterocycles. The fourth-order valence-electron chi connectivity index (χ4n) is 3.38. The van der Waals surface area contributed by atoms with Gasteiger partial charge >= 0.3 is 0 Å². The minimum absolute atomic E-state index is 0.0915. The Morgan fingerprint density at radius 2 is 1.77 bits per heavy atom. The van der Waals surface area contributed by atoms with Gasteiger partial charge in [0, 0.05) is 31.7 Å². The maximum absolute atomic E-state index is 5.67. The molecule has 1 aromatic carbocycles. The van der Waals surface area contributed by atoms with E-state index in [-0.39, 0.29) is 12.1 Å². The van der Waals surface area contributed by atoms with Crippen LogP contribution in [0.4, 0.5) is 0 Å². The summed E-state index contributed by atoms with van der Waals surface area (Å²) in [6.07, 6.45) is 0. The first-order valence-corrected chi connectivity index (χ1v) is 8.97. The SMILES string of the molecule is COc1ccc(OC)c(C(c2nnnn2C(C)C)N2CCN(C)CC2)c1. The first kappa shape index (κ1) is 18.6. The van der Waals surface area contributed by atoms with E-state index in [4.69, 9.17) is 9.47 Å². The van der Waals surface area contributed by atoms with Crippen LogP contribution in [0.5, 0.6) is 11.5 Å². The number of hydrogen-bond acceptors (Lipinski definition) is 7. The Bertz CT molecular complexity index is 724. The van der Waals surface area contributed by atoms with Gasteiger partial charge in [-0.1, -0.05) is 0 Å². The molecular weight excluding hydrogens is 332 g/mol. The summed E-state index contributed by atoms with van der Waals surface area (Å²) in [6, 6.07) is 5.97. The monoisotopic (exact) mass is 360 g/mol. The standard InChI is InChI=1S/C18H28N6O2/c1-13(2)24-18(19-20-21-24)17(23-10-8-22(3)9-11-23)15-12-14(25-4)6-7-16(15)26-5/h6-7,12-13,17H,8-11H2,1-5H3. The van der Waals surface area contributed by atoms with E-state index >= 15 is 0 Å². The van der Waals surface area contributed by atoms with Crippen LogP contribution < -0.4 is 9.47 Å². The molecule has 3 rings (SSSR count). The number of hydrogen-bond donors (Lipinski definition) is 0. The van der Waals surface area contributed by atoms with Crippen LogP contribution in [-0.2, 0) is 0 Å². The van der Waals surface area contributed by atoms with Gasteiger partial charge in [-0.25, -0.2) is 4.68 Å². The lowest BCUT2D eigenvalue weighted by Gasteiger charge is -2.38. The average molecular weight is 360 g/mol. The Morgan fingerprint density at radius 3 is 2.38 bits per heavy atom. The van der Waals surface area contributed by atoms with Gasteiger partial charge in [-0.05, 0) is 49.5 Å². The molecule has 0 bridgehead atoms. The van der Waals surface area contributed by atoms with Crippen molar-refractivity contribution in [2.24, 2.45) is 0 Å². The minimum atomic E-state index is -0.0915. The third kappa shape index (κ3) is 3.66. The van der Waals surface area contributed by atoms with Gasteiger partial charge in [0.05, 0.1) is 20.3 Å². The molecule has 1 unspecified atom stereocenters. The summed E-state index contributed by atoms with van der Waals surface area (Å²) in [5.74, 6) is 2.44. The van der Waals surface area contributed by atoms with Crippen molar-refractivity contribution in [2.75, 3.05) is 47.4 Å². The highest BCUT2D eigenvalue weighted by atomic mass is 16.5. The molecule has 0 radical (unpaired) electrons. The number of likely N-dealkylation sites (N-methyl/N-ethyl adjacent to an activating group) is 1. The summed E-state index contributed by atoms with van der Waals surface area (Å²) in [5, 5.41) is 12.6. The van der Waals surface area contributed by atoms with Crippen LogP contribution in [0.1, 0.15) is 37.3 Å². The first-order chi connectivity index (χ1) is 12.5. The molecule has 1 atom stereocenters. The Kier molecular flexibility index (Phi) is 5.73. The van der Waals surface area contributed by atoms with Gasteiger partial charge in [0.25, 0.3) is 0 Å². The summed E-state index contributed by atoms with van der Waals surface area (Å²) < 4.78 is 13.0. The van der Waals surface area contributed by atoms with Crippen LogP contribution >= 0.6 is 0 Å². The van der Waals surface area contributed by atoms with Gasteiger partial charge in [-0.15, -0.1) is 5.10 Å². The molecule has 26 heavy (non-hydrogen) atoms. The summed E-state index contributed by atoms with van der Waals surface area (Å²) in [7, 11) is 5.52. The number of tetrazole rings is 1. The summed E-state index contributed by atoms with van der Waals surface area (Å²) in [5.41, 5.74) is 1.02. The molecule has 8 nitrogen and oxygen atoms in total. The maximum Gasteiger partial charge on any atom is 0.173 e. The molecule has 0 saturated carbocycles. The van der Waals surface area contributed by atoms with Gasteiger partial charge in [-0.3, -0.25) is 4.90 Å². The van der Waals surface area contributed by atoms with Crippen LogP contribution in [0.2, 0.25) is 0 Å². The predicted molar refractivity (Wildman–Crippen MR) is 98.7 cm³/mol. The van der Waals surface area contributed by atoms with Crippen LogP contribution in [-0.4, -0.2) is 77.5 Å². The van der Waals surface area contributed by atoms with E-state index < -0.39 is 0 Å². The largest absolute Gasteiger partial charge is 0.497 e. The number of nitrogens with zero attached hydrogens (tertiary/aromatic N) is 6. The van der Waals surface area contributed by atoms with Gasteiger partial charge in [0.1, 0.15) is 17.5 Å². The molecule has 2 aromatic rings. The highest BCUT2D eigenvalue weighted by Crippen LogP contribution is 2.37. The molecule has 1 fully saturated rings. The van der Waals surface area contributed by atoms with E-state index in [1.54, 1.807) is 14.2 Å². The van der Waals surface area contributed by atoms with Crippen molar-refractivity contribution in [3.8, 4) is 11.5 Å². The van der Waals surface area contributed by atoms with Crippen LogP contribution in [0.15, 0.2) is 18.2 Å². The normalized spacial score (nSPS) is 17.5. The quantitative estimate of drug-likeness (QED) is 0.775. The Hall–Kier alpha value is -2.19. The van der Waals surface area contributed by atoms with Gasteiger partial charge in [-0.2, -0.15) is 0 Å². The zero-order valence-corrected chi connectivity index (χ0v) is 16.2. The zero-order valence-electron chi connectivity index (χ0n) is 16.2. The second kappa shape index (κ2) is 8.01. The van der Waals surface area contributed by atoms with E-state index in [0.717, 1.165) is 49.1 Å². The number of methoxy groups -OCH3 is 2. The van der Waals surface area contributed by atoms with E-state index in [1.807, 2.05) is 22.9 Å². The van der Waals surface area contributed by atoms with Crippen molar-refractivity contribution in [3.63, 3.8) is 0 Å². The minimum Gasteiger partial charge on any atom is -0.497 e. The smallest absolute Gasteiger partial charge is 0.173 e. The lowest BCUT2D eigenvalue weighted by Crippen LogP contribution is -2.46. The van der Waals surface area contributed by atoms with Crippen LogP contribution in [0, 0.1) is 0 Å². The highest BCUT2D eigenvalue weighted by Gasteiger charge is 2.32. The molecule has 1 aromatic heterocycles. The Labute approximate surface area is 154 Å². The second-order valence-corrected chi connectivity index (χ2v) is 6.93. The molecule has 0 amide bonds. The van der Waals surface area contributed by atoms with Crippen molar-refractivity contribution in [3.05, 3.63) is 29.6 Å². The fourth-order valence-corrected chi connectivity index (χ4v) is 3.38. The lowest BCUT2D eigenvalue weighted by molar-refractivity contribution is 0.119. The first-order valence-electron chi connectivity index (χ1n) is 8.97. The van der Waals surface area contributed by atoms with Crippen molar-refractivity contribution in [1.29, 1.82) is 0 Å². The van der Waals surface area contributed by atoms with Gasteiger partial charge in [0.15, 0.2) is 5.82 Å². The second-order valence-electron chi connectivity index (χ2n) is 6.93. The summed E-state index contributed by atoms with van der Waals surface area (Å²) in [4.78, 5) is 4.75. The Morgan fingerprint density at radius 1 is 1.04 bits per heavy atom. The highest BCUT2D eigenvalue weighted by molar-refractivity contribution is 5.44. The van der Waals surface area contributed by atoms with Crippen LogP contribution in [0.3, 0.4) is 0 Å². The summed E-state index contributed by atoms with van der Waals surface area (Å²) >= 11 is 0. The number of rotatable bonds is 6. The molecule has 1 aliphatic heterocycles. The molecule has 0 aliphatic carbocycles. The molecule has 8 heteroatoms. The topological polar surface area (TPSA) is 68.5 Å². The van der Waals surface area contributed by atoms with E-state index in [0.29, 0.717) is 0 Å². The van der Waals surface area contributed by atoms with Crippen molar-refractivity contribution in [2.45, 2.75) is 25.9 Å². The van der Waals surface area contributed by atoms with E-state index in [1.165, 1.54) is 0 Å². The number of piperazine rings is 1.